The van der Waals surface area contributed by atoms with Crippen molar-refractivity contribution in [3.63, 3.8) is 0 Å². The number of hydrogen-bond acceptors (Lipinski definition) is 8. The van der Waals surface area contributed by atoms with Gasteiger partial charge in [-0.15, -0.1) is 0 Å². The fourth-order valence-electron chi connectivity index (χ4n) is 3.87. The van der Waals surface area contributed by atoms with Gasteiger partial charge in [-0.3, -0.25) is 4.79 Å². The van der Waals surface area contributed by atoms with Crippen molar-refractivity contribution in [1.82, 2.24) is 10.3 Å². The molecule has 0 radical (unpaired) electrons. The number of aliphatic hydroxyl groups excluding tert-OH is 4. The molecule has 1 aromatic heterocycles. The van der Waals surface area contributed by atoms with Crippen molar-refractivity contribution in [2.75, 3.05) is 13.2 Å². The van der Waals surface area contributed by atoms with Crippen LogP contribution in [0.15, 0.2) is 54.7 Å². The van der Waals surface area contributed by atoms with E-state index in [1.165, 1.54) is 6.08 Å². The van der Waals surface area contributed by atoms with Crippen LogP contribution in [-0.4, -0.2) is 80.3 Å². The predicted octanol–water partition coefficient (Wildman–Crippen LogP) is 0.424. The van der Waals surface area contributed by atoms with Crippen molar-refractivity contribution in [3.05, 3.63) is 65.9 Å². The molecule has 0 saturated carbocycles. The Hall–Kier alpha value is -3.41. The number of rotatable bonds is 8. The number of hydrogen-bond donors (Lipinski definition) is 7. The zero-order chi connectivity index (χ0) is 24.9. The number of fused-ring (bicyclic) bond motifs is 1. The highest BCUT2D eigenvalue weighted by atomic mass is 16.7. The van der Waals surface area contributed by atoms with Crippen LogP contribution in [0.5, 0.6) is 11.5 Å². The normalized spacial score (nSPS) is 24.6. The summed E-state index contributed by atoms with van der Waals surface area (Å²) in [6, 6.07) is 11.7. The molecular formula is C25H28N2O8. The molecule has 1 saturated heterocycles. The van der Waals surface area contributed by atoms with Gasteiger partial charge in [0.1, 0.15) is 35.9 Å². The second kappa shape index (κ2) is 10.9. The quantitative estimate of drug-likeness (QED) is 0.226. The molecule has 0 spiro atoms. The number of amides is 1. The minimum Gasteiger partial charge on any atom is -0.508 e. The van der Waals surface area contributed by atoms with E-state index in [2.05, 4.69) is 10.3 Å². The Bertz CT molecular complexity index is 1170. The maximum Gasteiger partial charge on any atom is 0.244 e. The molecule has 1 fully saturated rings. The van der Waals surface area contributed by atoms with Crippen molar-refractivity contribution in [2.24, 2.45) is 0 Å². The SMILES string of the molecule is O=C(C=Cc1ccc(O)cc1)NCCc1c[nH]c2ccc(OC3O[C@H](CO)[C@@H](O)[C@H](O)[C@H]3O)cc12. The van der Waals surface area contributed by atoms with E-state index in [0.29, 0.717) is 18.7 Å². The van der Waals surface area contributed by atoms with Gasteiger partial charge in [-0.1, -0.05) is 12.1 Å². The van der Waals surface area contributed by atoms with Crippen molar-refractivity contribution in [3.8, 4) is 11.5 Å². The zero-order valence-corrected chi connectivity index (χ0v) is 18.7. The summed E-state index contributed by atoms with van der Waals surface area (Å²) in [7, 11) is 0. The van der Waals surface area contributed by atoms with Crippen molar-refractivity contribution in [1.29, 1.82) is 0 Å². The largest absolute Gasteiger partial charge is 0.508 e. The Balaban J connectivity index is 1.36. The third-order valence-electron chi connectivity index (χ3n) is 5.85. The summed E-state index contributed by atoms with van der Waals surface area (Å²) in [6.45, 7) is -0.148. The van der Waals surface area contributed by atoms with Crippen LogP contribution in [0.25, 0.3) is 17.0 Å². The molecule has 1 unspecified atom stereocenters. The first-order valence-corrected chi connectivity index (χ1v) is 11.2. The number of phenolic OH excluding ortho intramolecular Hbond substituents is 1. The second-order valence-electron chi connectivity index (χ2n) is 8.30. The number of nitrogens with one attached hydrogen (secondary N) is 2. The van der Waals surface area contributed by atoms with Crippen LogP contribution in [0.4, 0.5) is 0 Å². The highest BCUT2D eigenvalue weighted by Crippen LogP contribution is 2.28. The van der Waals surface area contributed by atoms with E-state index in [4.69, 9.17) is 9.47 Å². The van der Waals surface area contributed by atoms with Gasteiger partial charge in [0, 0.05) is 29.7 Å². The molecule has 186 valence electrons. The molecule has 2 heterocycles. The van der Waals surface area contributed by atoms with Crippen LogP contribution < -0.4 is 10.1 Å². The average Bonchev–Trinajstić information content (AvgIpc) is 3.26. The average molecular weight is 485 g/mol. The van der Waals surface area contributed by atoms with E-state index in [9.17, 15) is 30.3 Å². The van der Waals surface area contributed by atoms with E-state index in [-0.39, 0.29) is 11.7 Å². The van der Waals surface area contributed by atoms with Gasteiger partial charge in [-0.2, -0.15) is 0 Å². The van der Waals surface area contributed by atoms with Crippen molar-refractivity contribution in [2.45, 2.75) is 37.1 Å². The van der Waals surface area contributed by atoms with Crippen LogP contribution in [0.1, 0.15) is 11.1 Å². The molecule has 2 aromatic carbocycles. The Morgan fingerprint density at radius 3 is 2.60 bits per heavy atom. The van der Waals surface area contributed by atoms with Gasteiger partial charge < -0.3 is 45.3 Å². The number of H-pyrrole nitrogens is 1. The first-order valence-electron chi connectivity index (χ1n) is 11.2. The summed E-state index contributed by atoms with van der Waals surface area (Å²) in [4.78, 5) is 15.3. The van der Waals surface area contributed by atoms with Crippen LogP contribution in [-0.2, 0) is 16.0 Å². The lowest BCUT2D eigenvalue weighted by Crippen LogP contribution is -2.60. The van der Waals surface area contributed by atoms with Gasteiger partial charge in [0.25, 0.3) is 0 Å². The van der Waals surface area contributed by atoms with Gasteiger partial charge >= 0.3 is 0 Å². The molecule has 3 aromatic rings. The van der Waals surface area contributed by atoms with Gasteiger partial charge in [-0.25, -0.2) is 0 Å². The van der Waals surface area contributed by atoms with Crippen LogP contribution in [0.2, 0.25) is 0 Å². The fourth-order valence-corrected chi connectivity index (χ4v) is 3.87. The molecule has 35 heavy (non-hydrogen) atoms. The molecule has 0 aliphatic carbocycles. The smallest absolute Gasteiger partial charge is 0.244 e. The number of ether oxygens (including phenoxy) is 2. The minimum absolute atomic E-state index is 0.159. The maximum atomic E-state index is 12.1. The third-order valence-corrected chi connectivity index (χ3v) is 5.85. The first kappa shape index (κ1) is 24.7. The zero-order valence-electron chi connectivity index (χ0n) is 18.7. The van der Waals surface area contributed by atoms with Gasteiger partial charge in [0.05, 0.1) is 6.61 Å². The standard InChI is InChI=1S/C25H28N2O8/c28-13-20-22(31)23(32)24(33)25(35-20)34-17-6-7-19-18(11-17)15(12-27-19)9-10-26-21(30)8-3-14-1-4-16(29)5-2-14/h1-8,11-12,20,22-25,27-29,31-33H,9-10,13H2,(H,26,30)/t20-,22-,23+,24-,25?/m1/s1. The van der Waals surface area contributed by atoms with Crippen molar-refractivity contribution >= 4 is 22.9 Å². The lowest BCUT2D eigenvalue weighted by atomic mass is 9.99. The Labute approximate surface area is 201 Å². The highest BCUT2D eigenvalue weighted by Gasteiger charge is 2.44. The highest BCUT2D eigenvalue weighted by molar-refractivity contribution is 5.91. The Morgan fingerprint density at radius 1 is 1.09 bits per heavy atom. The van der Waals surface area contributed by atoms with Gasteiger partial charge in [-0.05, 0) is 54.0 Å². The monoisotopic (exact) mass is 484 g/mol. The maximum absolute atomic E-state index is 12.1. The predicted molar refractivity (Wildman–Crippen MR) is 127 cm³/mol. The number of carbonyl (C=O) groups excluding carboxylic acids is 1. The number of phenols is 1. The lowest BCUT2D eigenvalue weighted by molar-refractivity contribution is -0.277. The van der Waals surface area contributed by atoms with Gasteiger partial charge in [0.2, 0.25) is 12.2 Å². The number of aromatic hydroxyl groups is 1. The van der Waals surface area contributed by atoms with Crippen LogP contribution >= 0.6 is 0 Å². The topological polar surface area (TPSA) is 164 Å². The number of aliphatic hydroxyl groups is 4. The fraction of sp³-hybridized carbons (Fsp3) is 0.320. The summed E-state index contributed by atoms with van der Waals surface area (Å²) in [5.41, 5.74) is 2.57. The Kier molecular flexibility index (Phi) is 7.69. The third kappa shape index (κ3) is 5.81. The van der Waals surface area contributed by atoms with Crippen LogP contribution in [0.3, 0.4) is 0 Å². The molecule has 10 nitrogen and oxygen atoms in total. The minimum atomic E-state index is -1.52. The summed E-state index contributed by atoms with van der Waals surface area (Å²) < 4.78 is 11.1. The number of aromatic nitrogens is 1. The molecule has 1 amide bonds. The van der Waals surface area contributed by atoms with E-state index < -0.39 is 37.3 Å². The number of aromatic amines is 1. The van der Waals surface area contributed by atoms with E-state index in [1.807, 2.05) is 6.20 Å². The molecule has 4 rings (SSSR count). The van der Waals surface area contributed by atoms with Crippen LogP contribution in [0, 0.1) is 0 Å². The summed E-state index contributed by atoms with van der Waals surface area (Å²) >= 11 is 0. The Morgan fingerprint density at radius 2 is 1.86 bits per heavy atom. The number of benzene rings is 2. The summed E-state index contributed by atoms with van der Waals surface area (Å²) in [5.74, 6) is 0.278. The molecule has 1 aliphatic rings. The first-order chi connectivity index (χ1) is 16.9. The molecule has 5 atom stereocenters. The van der Waals surface area contributed by atoms with E-state index >= 15 is 0 Å². The number of carbonyl (C=O) groups is 1. The van der Waals surface area contributed by atoms with Crippen molar-refractivity contribution < 1.29 is 39.8 Å². The summed E-state index contributed by atoms with van der Waals surface area (Å²) in [6.07, 6.45) is -1.36. The second-order valence-corrected chi connectivity index (χ2v) is 8.30. The summed E-state index contributed by atoms with van der Waals surface area (Å²) in [5, 5.41) is 52.4. The molecule has 7 N–H and O–H groups in total. The van der Waals surface area contributed by atoms with E-state index in [0.717, 1.165) is 22.0 Å². The van der Waals surface area contributed by atoms with E-state index in [1.54, 1.807) is 48.5 Å². The molecule has 1 aliphatic heterocycles. The van der Waals surface area contributed by atoms with Gasteiger partial charge in [0.15, 0.2) is 0 Å². The molecule has 10 heteroatoms. The molecular weight excluding hydrogens is 456 g/mol. The lowest BCUT2D eigenvalue weighted by Gasteiger charge is -2.39. The molecule has 0 bridgehead atoms.